The number of aromatic amines is 1. The molecular formula is C5H5F2N3OS. The van der Waals surface area contributed by atoms with E-state index >= 15 is 0 Å². The molecule has 0 saturated carbocycles. The van der Waals surface area contributed by atoms with Crippen molar-refractivity contribution in [2.45, 2.75) is 17.8 Å². The number of halogens is 2. The van der Waals surface area contributed by atoms with Crippen LogP contribution in [0.1, 0.15) is 5.69 Å². The molecule has 0 bridgehead atoms. The molecule has 0 spiro atoms. The maximum Gasteiger partial charge on any atom is 0.291 e. The van der Waals surface area contributed by atoms with E-state index in [2.05, 4.69) is 15.2 Å². The molecule has 0 aliphatic carbocycles. The summed E-state index contributed by atoms with van der Waals surface area (Å²) >= 11 is 0.159. The normalized spacial score (nSPS) is 10.7. The molecule has 0 unspecified atom stereocenters. The van der Waals surface area contributed by atoms with Crippen LogP contribution in [0.4, 0.5) is 8.78 Å². The fourth-order valence-corrected chi connectivity index (χ4v) is 0.924. The van der Waals surface area contributed by atoms with Crippen molar-refractivity contribution in [3.8, 4) is 0 Å². The molecular weight excluding hydrogens is 188 g/mol. The van der Waals surface area contributed by atoms with Crippen LogP contribution in [-0.4, -0.2) is 20.9 Å². The maximum atomic E-state index is 11.7. The Labute approximate surface area is 70.4 Å². The molecule has 0 amide bonds. The summed E-state index contributed by atoms with van der Waals surface area (Å²) in [5.74, 6) is -2.60. The van der Waals surface area contributed by atoms with E-state index in [0.29, 0.717) is 0 Å². The van der Waals surface area contributed by atoms with Crippen molar-refractivity contribution in [3.63, 3.8) is 0 Å². The summed E-state index contributed by atoms with van der Waals surface area (Å²) in [6, 6.07) is 0. The number of alkyl halides is 2. The molecule has 4 nitrogen and oxygen atoms in total. The molecule has 0 fully saturated rings. The average molecular weight is 193 g/mol. The summed E-state index contributed by atoms with van der Waals surface area (Å²) in [6.45, 7) is 1.45. The topological polar surface area (TPSA) is 58.6 Å². The highest BCUT2D eigenvalue weighted by Crippen LogP contribution is 2.19. The lowest BCUT2D eigenvalue weighted by atomic mass is 10.5. The Balaban J connectivity index is 2.90. The van der Waals surface area contributed by atoms with E-state index in [1.807, 2.05) is 0 Å². The number of aryl methyl sites for hydroxylation is 1. The lowest BCUT2D eigenvalue weighted by molar-refractivity contribution is 0.251. The first kappa shape index (κ1) is 9.11. The minimum atomic E-state index is -2.60. The van der Waals surface area contributed by atoms with Crippen LogP contribution in [0.3, 0.4) is 0 Å². The van der Waals surface area contributed by atoms with Crippen molar-refractivity contribution < 1.29 is 8.78 Å². The predicted molar refractivity (Wildman–Crippen MR) is 39.3 cm³/mol. The first-order chi connectivity index (χ1) is 5.59. The van der Waals surface area contributed by atoms with E-state index in [-0.39, 0.29) is 22.6 Å². The first-order valence-electron chi connectivity index (χ1n) is 2.98. The second kappa shape index (κ2) is 3.61. The quantitative estimate of drug-likeness (QED) is 0.705. The van der Waals surface area contributed by atoms with Crippen LogP contribution in [0.25, 0.3) is 0 Å². The third-order valence-corrected chi connectivity index (χ3v) is 1.63. The molecule has 0 saturated heterocycles. The molecule has 0 atom stereocenters. The highest BCUT2D eigenvalue weighted by Gasteiger charge is 2.08. The molecule has 12 heavy (non-hydrogen) atoms. The van der Waals surface area contributed by atoms with Crippen LogP contribution in [0.2, 0.25) is 0 Å². The molecule has 1 aromatic rings. The highest BCUT2D eigenvalue weighted by molar-refractivity contribution is 7.99. The number of aromatic nitrogens is 3. The van der Waals surface area contributed by atoms with Crippen LogP contribution < -0.4 is 5.56 Å². The monoisotopic (exact) mass is 193 g/mol. The molecule has 1 rings (SSSR count). The smallest absolute Gasteiger partial charge is 0.291 e. The van der Waals surface area contributed by atoms with Gasteiger partial charge in [0.15, 0.2) is 5.16 Å². The van der Waals surface area contributed by atoms with E-state index < -0.39 is 11.3 Å². The average Bonchev–Trinajstić information content (AvgIpc) is 1.96. The van der Waals surface area contributed by atoms with E-state index in [9.17, 15) is 13.6 Å². The molecule has 0 aliphatic rings. The van der Waals surface area contributed by atoms with Crippen molar-refractivity contribution in [1.29, 1.82) is 0 Å². The van der Waals surface area contributed by atoms with Gasteiger partial charge in [-0.05, 0) is 18.7 Å². The Morgan fingerprint density at radius 2 is 2.17 bits per heavy atom. The van der Waals surface area contributed by atoms with Gasteiger partial charge in [0, 0.05) is 0 Å². The van der Waals surface area contributed by atoms with Gasteiger partial charge in [0.1, 0.15) is 5.69 Å². The van der Waals surface area contributed by atoms with Crippen LogP contribution in [-0.2, 0) is 0 Å². The molecule has 1 aromatic heterocycles. The van der Waals surface area contributed by atoms with Gasteiger partial charge >= 0.3 is 0 Å². The first-order valence-corrected chi connectivity index (χ1v) is 3.86. The number of rotatable bonds is 2. The van der Waals surface area contributed by atoms with Gasteiger partial charge in [0.05, 0.1) is 0 Å². The van der Waals surface area contributed by atoms with Gasteiger partial charge in [0.2, 0.25) is 0 Å². The van der Waals surface area contributed by atoms with E-state index in [1.165, 1.54) is 6.92 Å². The Morgan fingerprint density at radius 1 is 1.50 bits per heavy atom. The number of thioether (sulfide) groups is 1. The van der Waals surface area contributed by atoms with Gasteiger partial charge < -0.3 is 0 Å². The van der Waals surface area contributed by atoms with E-state index in [4.69, 9.17) is 0 Å². The lowest BCUT2D eigenvalue weighted by Crippen LogP contribution is -2.14. The zero-order valence-electron chi connectivity index (χ0n) is 6.04. The summed E-state index contributed by atoms with van der Waals surface area (Å²) in [5, 5.41) is 6.57. The zero-order chi connectivity index (χ0) is 9.14. The van der Waals surface area contributed by atoms with Crippen molar-refractivity contribution in [2.75, 3.05) is 0 Å². The summed E-state index contributed by atoms with van der Waals surface area (Å²) in [7, 11) is 0. The number of H-pyrrole nitrogens is 1. The molecule has 66 valence electrons. The second-order valence-electron chi connectivity index (χ2n) is 1.92. The summed E-state index contributed by atoms with van der Waals surface area (Å²) < 4.78 is 23.5. The van der Waals surface area contributed by atoms with Crippen LogP contribution in [0, 0.1) is 6.92 Å². The third-order valence-electron chi connectivity index (χ3n) is 1.04. The summed E-state index contributed by atoms with van der Waals surface area (Å²) in [6.07, 6.45) is 0. The van der Waals surface area contributed by atoms with Gasteiger partial charge in [-0.25, -0.2) is 0 Å². The Morgan fingerprint density at radius 3 is 2.67 bits per heavy atom. The van der Waals surface area contributed by atoms with E-state index in [0.717, 1.165) is 0 Å². The van der Waals surface area contributed by atoms with Crippen LogP contribution in [0.5, 0.6) is 0 Å². The number of hydrogen-bond donors (Lipinski definition) is 1. The van der Waals surface area contributed by atoms with Crippen LogP contribution in [0.15, 0.2) is 9.95 Å². The number of hydrogen-bond acceptors (Lipinski definition) is 4. The minimum absolute atomic E-state index is 0.159. The van der Waals surface area contributed by atoms with Gasteiger partial charge in [0.25, 0.3) is 11.3 Å². The summed E-state index contributed by atoms with van der Waals surface area (Å²) in [5.41, 5.74) is -0.332. The molecule has 1 heterocycles. The van der Waals surface area contributed by atoms with Crippen molar-refractivity contribution >= 4 is 11.8 Å². The van der Waals surface area contributed by atoms with E-state index in [1.54, 1.807) is 0 Å². The summed E-state index contributed by atoms with van der Waals surface area (Å²) in [4.78, 5) is 13.0. The molecule has 0 radical (unpaired) electrons. The number of nitrogens with one attached hydrogen (secondary N) is 1. The largest absolute Gasteiger partial charge is 0.298 e. The number of nitrogens with zero attached hydrogens (tertiary/aromatic N) is 2. The predicted octanol–water partition coefficient (Wildman–Crippen LogP) is 0.788. The Hall–Kier alpha value is -0.980. The highest BCUT2D eigenvalue weighted by atomic mass is 32.2. The van der Waals surface area contributed by atoms with Gasteiger partial charge in [-0.1, -0.05) is 0 Å². The maximum absolute atomic E-state index is 11.7. The van der Waals surface area contributed by atoms with Gasteiger partial charge in [-0.2, -0.15) is 8.78 Å². The van der Waals surface area contributed by atoms with Crippen molar-refractivity contribution in [1.82, 2.24) is 15.2 Å². The molecule has 1 N–H and O–H groups in total. The lowest BCUT2D eigenvalue weighted by Gasteiger charge is -1.96. The fraction of sp³-hybridized carbons (Fsp3) is 0.400. The fourth-order valence-electron chi connectivity index (χ4n) is 0.516. The Bertz CT molecular complexity index is 327. The van der Waals surface area contributed by atoms with Gasteiger partial charge in [-0.15, -0.1) is 10.2 Å². The van der Waals surface area contributed by atoms with Crippen molar-refractivity contribution in [2.24, 2.45) is 0 Å². The Kier molecular flexibility index (Phi) is 2.74. The van der Waals surface area contributed by atoms with Crippen LogP contribution >= 0.6 is 11.8 Å². The van der Waals surface area contributed by atoms with Crippen molar-refractivity contribution in [3.05, 3.63) is 16.0 Å². The minimum Gasteiger partial charge on any atom is -0.298 e. The molecule has 7 heteroatoms. The molecule has 0 aliphatic heterocycles. The standard InChI is InChI=1S/C5H5F2N3OS/c1-2-3(11)8-5(10-9-2)12-4(6)7/h4H,1H3,(H,8,10,11). The second-order valence-corrected chi connectivity index (χ2v) is 2.90. The molecule has 0 aromatic carbocycles. The zero-order valence-corrected chi connectivity index (χ0v) is 6.86. The third kappa shape index (κ3) is 2.26. The van der Waals surface area contributed by atoms with Gasteiger partial charge in [-0.3, -0.25) is 9.78 Å². The SMILES string of the molecule is Cc1nnc(SC(F)F)[nH]c1=O.